The van der Waals surface area contributed by atoms with E-state index in [0.717, 1.165) is 31.1 Å². The van der Waals surface area contributed by atoms with Gasteiger partial charge in [0.15, 0.2) is 5.79 Å². The molecule has 0 bridgehead atoms. The summed E-state index contributed by atoms with van der Waals surface area (Å²) >= 11 is 0. The molecule has 0 aliphatic heterocycles. The number of allylic oxidation sites excluding steroid dienone is 1. The summed E-state index contributed by atoms with van der Waals surface area (Å²) < 4.78 is 19.8. The molecule has 5 rings (SSSR count). The van der Waals surface area contributed by atoms with Crippen LogP contribution in [0, 0.1) is 22.7 Å². The topological polar surface area (TPSA) is 105 Å². The number of hydrogen-bond acceptors (Lipinski definition) is 6. The summed E-state index contributed by atoms with van der Waals surface area (Å²) in [5.74, 6) is -1.02. The molecule has 2 N–H and O–H groups in total. The lowest BCUT2D eigenvalue weighted by molar-refractivity contribution is -0.313. The van der Waals surface area contributed by atoms with Gasteiger partial charge in [-0.3, -0.25) is 4.79 Å². The second-order valence-electron chi connectivity index (χ2n) is 13.2. The van der Waals surface area contributed by atoms with Crippen LogP contribution in [-0.2, 0) is 30.8 Å². The Morgan fingerprint density at radius 2 is 1.83 bits per heavy atom. The zero-order valence-corrected chi connectivity index (χ0v) is 25.5. The molecule has 3 aliphatic carbocycles. The lowest BCUT2D eigenvalue weighted by atomic mass is 9.41. The van der Waals surface area contributed by atoms with Gasteiger partial charge in [-0.2, -0.15) is 5.26 Å². The zero-order valence-electron chi connectivity index (χ0n) is 25.5. The molecule has 0 radical (unpaired) electrons. The highest BCUT2D eigenvalue weighted by atomic mass is 16.7. The number of nitriles is 1. The quantitative estimate of drug-likeness (QED) is 0.153. The van der Waals surface area contributed by atoms with Crippen molar-refractivity contribution in [3.63, 3.8) is 0 Å². The van der Waals surface area contributed by atoms with E-state index in [1.54, 1.807) is 0 Å². The van der Waals surface area contributed by atoms with Crippen molar-refractivity contribution in [3.8, 4) is 6.07 Å². The Morgan fingerprint density at radius 3 is 2.49 bits per heavy atom. The first-order valence-corrected chi connectivity index (χ1v) is 15.3. The first-order chi connectivity index (χ1) is 19.5. The van der Waals surface area contributed by atoms with Crippen molar-refractivity contribution < 1.29 is 24.1 Å². The maximum Gasteiger partial charge on any atom is 0.194 e. The van der Waals surface area contributed by atoms with E-state index in [2.05, 4.69) is 49.2 Å². The van der Waals surface area contributed by atoms with E-state index >= 15 is 0 Å². The molecule has 222 valence electrons. The van der Waals surface area contributed by atoms with E-state index in [9.17, 15) is 9.90 Å². The number of benzene rings is 1. The van der Waals surface area contributed by atoms with Crippen LogP contribution in [0.4, 0.5) is 0 Å². The number of unbranched alkanes of at least 4 members (excludes halogenated alkanes) is 2. The fraction of sp³-hybridized carbons (Fsp3) is 0.647. The van der Waals surface area contributed by atoms with Crippen molar-refractivity contribution in [2.75, 3.05) is 6.61 Å². The summed E-state index contributed by atoms with van der Waals surface area (Å²) in [6.45, 7) is 12.7. The molecule has 7 heteroatoms. The second kappa shape index (κ2) is 11.0. The molecule has 2 saturated carbocycles. The van der Waals surface area contributed by atoms with Crippen LogP contribution in [0.1, 0.15) is 91.3 Å². The number of aliphatic hydroxyl groups is 1. The van der Waals surface area contributed by atoms with Gasteiger partial charge < -0.3 is 24.3 Å². The molecule has 3 aliphatic rings. The summed E-state index contributed by atoms with van der Waals surface area (Å²) in [4.78, 5) is 16.1. The fourth-order valence-electron chi connectivity index (χ4n) is 8.57. The van der Waals surface area contributed by atoms with Gasteiger partial charge in [0.05, 0.1) is 24.4 Å². The number of aromatic nitrogens is 1. The molecule has 0 saturated heterocycles. The third-order valence-corrected chi connectivity index (χ3v) is 10.4. The Kier molecular flexibility index (Phi) is 8.02. The average Bonchev–Trinajstić information content (AvgIpc) is 3.42. The molecule has 1 aromatic heterocycles. The zero-order chi connectivity index (χ0) is 29.6. The summed E-state index contributed by atoms with van der Waals surface area (Å²) in [5, 5.41) is 23.6. The largest absolute Gasteiger partial charge is 0.382 e. The van der Waals surface area contributed by atoms with E-state index in [0.29, 0.717) is 37.9 Å². The summed E-state index contributed by atoms with van der Waals surface area (Å²) in [5.41, 5.74) is 1.41. The molecule has 0 spiro atoms. The number of nitrogens with one attached hydrogen (secondary N) is 1. The average molecular weight is 563 g/mol. The normalized spacial score (nSPS) is 33.1. The predicted octanol–water partition coefficient (Wildman–Crippen LogP) is 6.28. The van der Waals surface area contributed by atoms with Crippen molar-refractivity contribution in [1.82, 2.24) is 4.98 Å². The van der Waals surface area contributed by atoms with Crippen LogP contribution in [0.5, 0.6) is 0 Å². The van der Waals surface area contributed by atoms with E-state index in [-0.39, 0.29) is 18.1 Å². The van der Waals surface area contributed by atoms with Crippen LogP contribution in [-0.4, -0.2) is 52.7 Å². The van der Waals surface area contributed by atoms with Crippen LogP contribution in [0.15, 0.2) is 35.9 Å². The lowest BCUT2D eigenvalue weighted by Crippen LogP contribution is -2.75. The van der Waals surface area contributed by atoms with Crippen molar-refractivity contribution >= 4 is 17.2 Å². The monoisotopic (exact) mass is 562 g/mol. The number of hydrogen-bond donors (Lipinski definition) is 2. The standard InChI is InChI=1S/C34H46N2O5/c1-22(2)40-33(41-23(3)4)16-15-31(5)32(6)24(20-26-25-12-8-9-13-27(25)36-30(26)32)21-29(39-19-11-7-10-17-35)34(31,38)28(33)14-18-37/h8-9,12-14,18,22-24,29,36,38H,7,10-11,15-16,19-21H2,1-6H3/b28-14+/t24-,29+,31-,32-,34+/m1/s1. The number of fused-ring (bicyclic) bond motifs is 7. The van der Waals surface area contributed by atoms with E-state index in [4.69, 9.17) is 19.5 Å². The Labute approximate surface area is 244 Å². The molecule has 2 aromatic rings. The third kappa shape index (κ3) is 4.41. The Bertz CT molecular complexity index is 1340. The predicted molar refractivity (Wildman–Crippen MR) is 158 cm³/mol. The highest BCUT2D eigenvalue weighted by molar-refractivity contribution is 5.86. The molecule has 7 nitrogen and oxygen atoms in total. The number of para-hydroxylation sites is 1. The molecule has 5 atom stereocenters. The smallest absolute Gasteiger partial charge is 0.194 e. The molecule has 41 heavy (non-hydrogen) atoms. The summed E-state index contributed by atoms with van der Waals surface area (Å²) in [6, 6.07) is 10.6. The van der Waals surface area contributed by atoms with Crippen molar-refractivity contribution in [1.29, 1.82) is 5.26 Å². The number of aldehydes is 1. The van der Waals surface area contributed by atoms with E-state index in [1.165, 1.54) is 22.7 Å². The highest BCUT2D eigenvalue weighted by Gasteiger charge is 2.75. The van der Waals surface area contributed by atoms with Gasteiger partial charge in [-0.15, -0.1) is 0 Å². The number of rotatable bonds is 10. The first-order valence-electron chi connectivity index (χ1n) is 15.3. The lowest BCUT2D eigenvalue weighted by Gasteiger charge is -2.67. The van der Waals surface area contributed by atoms with Gasteiger partial charge in [0.25, 0.3) is 0 Å². The molecule has 0 amide bonds. The third-order valence-electron chi connectivity index (χ3n) is 10.4. The van der Waals surface area contributed by atoms with Gasteiger partial charge in [0, 0.05) is 52.4 Å². The maximum atomic E-state index is 13.4. The summed E-state index contributed by atoms with van der Waals surface area (Å²) in [6.07, 6.45) is 5.89. The minimum atomic E-state index is -1.55. The van der Waals surface area contributed by atoms with Crippen molar-refractivity contribution in [2.24, 2.45) is 11.3 Å². The van der Waals surface area contributed by atoms with Gasteiger partial charge in [0.2, 0.25) is 0 Å². The summed E-state index contributed by atoms with van der Waals surface area (Å²) in [7, 11) is 0. The van der Waals surface area contributed by atoms with Gasteiger partial charge in [-0.05, 0) is 83.4 Å². The molecule has 1 heterocycles. The number of aromatic amines is 1. The number of H-pyrrole nitrogens is 1. The Morgan fingerprint density at radius 1 is 1.12 bits per heavy atom. The molecule has 1 aromatic carbocycles. The molecule has 0 unspecified atom stereocenters. The van der Waals surface area contributed by atoms with Gasteiger partial charge >= 0.3 is 0 Å². The Hall–Kier alpha value is -2.50. The molecule has 2 fully saturated rings. The number of carbonyl (C=O) groups is 1. The van der Waals surface area contributed by atoms with Crippen LogP contribution in [0.3, 0.4) is 0 Å². The minimum Gasteiger partial charge on any atom is -0.382 e. The number of ether oxygens (including phenoxy) is 3. The first kappa shape index (κ1) is 30.0. The highest BCUT2D eigenvalue weighted by Crippen LogP contribution is 2.70. The van der Waals surface area contributed by atoms with E-state index < -0.39 is 28.3 Å². The van der Waals surface area contributed by atoms with Crippen molar-refractivity contribution in [2.45, 2.75) is 122 Å². The number of carbonyl (C=O) groups excluding carboxylic acids is 1. The van der Waals surface area contributed by atoms with Crippen LogP contribution in [0.25, 0.3) is 10.9 Å². The Balaban J connectivity index is 1.69. The molecular weight excluding hydrogens is 516 g/mol. The van der Waals surface area contributed by atoms with Gasteiger partial charge in [-0.25, -0.2) is 0 Å². The van der Waals surface area contributed by atoms with Crippen molar-refractivity contribution in [3.05, 3.63) is 47.2 Å². The SMILES string of the molecule is CC(C)OC1(OC(C)C)CC[C@]2(C)[C@@]3(C)c4[nH]c5ccccc5c4C[C@@H]3C[C@H](OCCCCC#N)[C@@]2(O)/C1=C/C=O. The van der Waals surface area contributed by atoms with Gasteiger partial charge in [0.1, 0.15) is 11.9 Å². The maximum absolute atomic E-state index is 13.4. The van der Waals surface area contributed by atoms with Crippen LogP contribution >= 0.6 is 0 Å². The van der Waals surface area contributed by atoms with Crippen LogP contribution < -0.4 is 0 Å². The fourth-order valence-corrected chi connectivity index (χ4v) is 8.57. The second-order valence-corrected chi connectivity index (χ2v) is 13.2. The van der Waals surface area contributed by atoms with E-state index in [1.807, 2.05) is 27.7 Å². The van der Waals surface area contributed by atoms with Gasteiger partial charge in [-0.1, -0.05) is 32.0 Å². The van der Waals surface area contributed by atoms with Crippen LogP contribution in [0.2, 0.25) is 0 Å². The molecular formula is C34H46N2O5. The number of nitrogens with zero attached hydrogens (tertiary/aromatic N) is 1. The minimum absolute atomic E-state index is 0.194.